The molecule has 1 rings (SSSR count). The first-order valence-corrected chi connectivity index (χ1v) is 6.57. The minimum atomic E-state index is -2.89. The van der Waals surface area contributed by atoms with Gasteiger partial charge in [0.2, 0.25) is 0 Å². The van der Waals surface area contributed by atoms with Crippen molar-refractivity contribution >= 4 is 0 Å². The summed E-state index contributed by atoms with van der Waals surface area (Å²) in [5.74, 6) is 0.274. The van der Waals surface area contributed by atoms with Gasteiger partial charge in [0.15, 0.2) is 11.5 Å². The Bertz CT molecular complexity index is 402. The normalized spacial score (nSPS) is 12.5. The average Bonchev–Trinajstić information content (AvgIpc) is 2.38. The molecule has 0 heterocycles. The SMILES string of the molecule is CCCC(O)CNCc1ccc(OC)c(OC(F)F)c1. The van der Waals surface area contributed by atoms with E-state index in [1.165, 1.54) is 13.2 Å². The molecule has 1 atom stereocenters. The lowest BCUT2D eigenvalue weighted by Gasteiger charge is -2.13. The van der Waals surface area contributed by atoms with Gasteiger partial charge in [0.05, 0.1) is 13.2 Å². The van der Waals surface area contributed by atoms with Crippen LogP contribution in [0.15, 0.2) is 18.2 Å². The van der Waals surface area contributed by atoms with E-state index in [4.69, 9.17) is 4.74 Å². The molecule has 1 aromatic rings. The minimum absolute atomic E-state index is 0.0101. The van der Waals surface area contributed by atoms with Crippen LogP contribution in [-0.2, 0) is 6.54 Å². The lowest BCUT2D eigenvalue weighted by atomic mass is 10.2. The first-order chi connectivity index (χ1) is 9.56. The Hall–Kier alpha value is -1.40. The number of ether oxygens (including phenoxy) is 2. The fourth-order valence-electron chi connectivity index (χ4n) is 1.84. The lowest BCUT2D eigenvalue weighted by molar-refractivity contribution is -0.0512. The molecule has 0 saturated heterocycles. The molecule has 20 heavy (non-hydrogen) atoms. The fourth-order valence-corrected chi connectivity index (χ4v) is 1.84. The third kappa shape index (κ3) is 5.71. The summed E-state index contributed by atoms with van der Waals surface area (Å²) in [4.78, 5) is 0. The summed E-state index contributed by atoms with van der Waals surface area (Å²) in [5, 5.41) is 12.6. The lowest BCUT2D eigenvalue weighted by Crippen LogP contribution is -2.26. The van der Waals surface area contributed by atoms with E-state index in [9.17, 15) is 13.9 Å². The first kappa shape index (κ1) is 16.7. The van der Waals surface area contributed by atoms with E-state index in [1.807, 2.05) is 6.92 Å². The Morgan fingerprint density at radius 3 is 2.65 bits per heavy atom. The highest BCUT2D eigenvalue weighted by Crippen LogP contribution is 2.29. The summed E-state index contributed by atoms with van der Waals surface area (Å²) >= 11 is 0. The zero-order valence-electron chi connectivity index (χ0n) is 11.7. The second kappa shape index (κ2) is 8.71. The van der Waals surface area contributed by atoms with Crippen molar-refractivity contribution in [3.63, 3.8) is 0 Å². The number of benzene rings is 1. The molecule has 1 unspecified atom stereocenters. The van der Waals surface area contributed by atoms with E-state index in [-0.39, 0.29) is 11.5 Å². The third-order valence-corrected chi connectivity index (χ3v) is 2.78. The van der Waals surface area contributed by atoms with E-state index < -0.39 is 12.7 Å². The van der Waals surface area contributed by atoms with E-state index in [0.717, 1.165) is 18.4 Å². The molecule has 2 N–H and O–H groups in total. The van der Waals surface area contributed by atoms with Gasteiger partial charge in [-0.1, -0.05) is 19.4 Å². The molecule has 4 nitrogen and oxygen atoms in total. The number of methoxy groups -OCH3 is 1. The quantitative estimate of drug-likeness (QED) is 0.733. The molecule has 0 bridgehead atoms. The second-order valence-electron chi connectivity index (χ2n) is 4.44. The van der Waals surface area contributed by atoms with Crippen LogP contribution in [0.3, 0.4) is 0 Å². The van der Waals surface area contributed by atoms with Crippen LogP contribution in [0, 0.1) is 0 Å². The molecule has 0 saturated carbocycles. The number of rotatable bonds is 9. The Morgan fingerprint density at radius 1 is 1.30 bits per heavy atom. The van der Waals surface area contributed by atoms with Crippen molar-refractivity contribution in [1.29, 1.82) is 0 Å². The fraction of sp³-hybridized carbons (Fsp3) is 0.571. The van der Waals surface area contributed by atoms with Gasteiger partial charge in [0.25, 0.3) is 0 Å². The van der Waals surface area contributed by atoms with Gasteiger partial charge in [0, 0.05) is 13.1 Å². The molecule has 114 valence electrons. The van der Waals surface area contributed by atoms with Crippen molar-refractivity contribution in [3.05, 3.63) is 23.8 Å². The molecule has 0 aliphatic heterocycles. The van der Waals surface area contributed by atoms with Crippen LogP contribution in [0.1, 0.15) is 25.3 Å². The van der Waals surface area contributed by atoms with E-state index >= 15 is 0 Å². The van der Waals surface area contributed by atoms with Gasteiger partial charge in [-0.15, -0.1) is 0 Å². The molecule has 1 aromatic carbocycles. The maximum Gasteiger partial charge on any atom is 0.387 e. The monoisotopic (exact) mass is 289 g/mol. The van der Waals surface area contributed by atoms with Crippen LogP contribution in [0.25, 0.3) is 0 Å². The largest absolute Gasteiger partial charge is 0.493 e. The highest BCUT2D eigenvalue weighted by molar-refractivity contribution is 5.42. The number of nitrogens with one attached hydrogen (secondary N) is 1. The summed E-state index contributed by atoms with van der Waals surface area (Å²) in [6.07, 6.45) is 1.25. The molecule has 0 fully saturated rings. The molecule has 0 aliphatic carbocycles. The topological polar surface area (TPSA) is 50.7 Å². The van der Waals surface area contributed by atoms with Crippen molar-refractivity contribution < 1.29 is 23.4 Å². The summed E-state index contributed by atoms with van der Waals surface area (Å²) in [7, 11) is 1.40. The number of alkyl halides is 2. The minimum Gasteiger partial charge on any atom is -0.493 e. The van der Waals surface area contributed by atoms with Crippen molar-refractivity contribution in [1.82, 2.24) is 5.32 Å². The van der Waals surface area contributed by atoms with Gasteiger partial charge in [-0.3, -0.25) is 0 Å². The van der Waals surface area contributed by atoms with Gasteiger partial charge in [-0.25, -0.2) is 0 Å². The molecular formula is C14H21F2NO3. The summed E-state index contributed by atoms with van der Waals surface area (Å²) in [5.41, 5.74) is 0.783. The molecule has 0 spiro atoms. The van der Waals surface area contributed by atoms with Crippen LogP contribution in [-0.4, -0.2) is 31.5 Å². The van der Waals surface area contributed by atoms with Gasteiger partial charge >= 0.3 is 6.61 Å². The van der Waals surface area contributed by atoms with Gasteiger partial charge in [0.1, 0.15) is 0 Å². The zero-order valence-corrected chi connectivity index (χ0v) is 11.7. The second-order valence-corrected chi connectivity index (χ2v) is 4.44. The van der Waals surface area contributed by atoms with E-state index in [1.54, 1.807) is 12.1 Å². The molecule has 6 heteroatoms. The number of aliphatic hydroxyl groups is 1. The maximum atomic E-state index is 12.3. The summed E-state index contributed by atoms with van der Waals surface area (Å²) < 4.78 is 33.9. The number of hydrogen-bond donors (Lipinski definition) is 2. The zero-order chi connectivity index (χ0) is 15.0. The average molecular weight is 289 g/mol. The van der Waals surface area contributed by atoms with Crippen molar-refractivity contribution in [2.75, 3.05) is 13.7 Å². The number of hydrogen-bond acceptors (Lipinski definition) is 4. The first-order valence-electron chi connectivity index (χ1n) is 6.57. The smallest absolute Gasteiger partial charge is 0.387 e. The Kier molecular flexibility index (Phi) is 7.25. The molecule has 0 radical (unpaired) electrons. The van der Waals surface area contributed by atoms with Gasteiger partial charge in [-0.2, -0.15) is 8.78 Å². The van der Waals surface area contributed by atoms with Crippen LogP contribution >= 0.6 is 0 Å². The maximum absolute atomic E-state index is 12.3. The van der Waals surface area contributed by atoms with Gasteiger partial charge < -0.3 is 19.9 Å². The Balaban J connectivity index is 2.58. The van der Waals surface area contributed by atoms with Crippen molar-refractivity contribution in [2.24, 2.45) is 0 Å². The molecular weight excluding hydrogens is 268 g/mol. The highest BCUT2D eigenvalue weighted by Gasteiger charge is 2.11. The van der Waals surface area contributed by atoms with Crippen molar-refractivity contribution in [3.8, 4) is 11.5 Å². The van der Waals surface area contributed by atoms with Gasteiger partial charge in [-0.05, 0) is 24.1 Å². The Labute approximate surface area is 117 Å². The van der Waals surface area contributed by atoms with Crippen LogP contribution in [0.5, 0.6) is 11.5 Å². The number of aliphatic hydroxyl groups excluding tert-OH is 1. The Morgan fingerprint density at radius 2 is 2.05 bits per heavy atom. The highest BCUT2D eigenvalue weighted by atomic mass is 19.3. The van der Waals surface area contributed by atoms with Crippen LogP contribution < -0.4 is 14.8 Å². The number of halogens is 2. The van der Waals surface area contributed by atoms with E-state index in [2.05, 4.69) is 10.1 Å². The molecule has 0 amide bonds. The molecule has 0 aliphatic rings. The van der Waals surface area contributed by atoms with Crippen LogP contribution in [0.2, 0.25) is 0 Å². The summed E-state index contributed by atoms with van der Waals surface area (Å²) in [6.45, 7) is 0.0362. The summed E-state index contributed by atoms with van der Waals surface area (Å²) in [6, 6.07) is 4.84. The standard InChI is InChI=1S/C14H21F2NO3/c1-3-4-11(18)9-17-8-10-5-6-12(19-2)13(7-10)20-14(15)16/h5-7,11,14,17-18H,3-4,8-9H2,1-2H3. The van der Waals surface area contributed by atoms with E-state index in [0.29, 0.717) is 13.1 Å². The predicted molar refractivity (Wildman–Crippen MR) is 72.2 cm³/mol. The third-order valence-electron chi connectivity index (χ3n) is 2.78. The van der Waals surface area contributed by atoms with Crippen molar-refractivity contribution in [2.45, 2.75) is 39.0 Å². The van der Waals surface area contributed by atoms with Crippen LogP contribution in [0.4, 0.5) is 8.78 Å². The predicted octanol–water partition coefficient (Wildman–Crippen LogP) is 2.55. The molecule has 0 aromatic heterocycles.